The Morgan fingerprint density at radius 3 is 2.32 bits per heavy atom. The predicted molar refractivity (Wildman–Crippen MR) is 142 cm³/mol. The summed E-state index contributed by atoms with van der Waals surface area (Å²) in [6, 6.07) is 15.2. The Labute approximate surface area is 226 Å². The summed E-state index contributed by atoms with van der Waals surface area (Å²) in [6.45, 7) is 5.61. The van der Waals surface area contributed by atoms with E-state index < -0.39 is 5.60 Å². The Morgan fingerprint density at radius 1 is 1.03 bits per heavy atom. The Kier molecular flexibility index (Phi) is 7.08. The highest BCUT2D eigenvalue weighted by atomic mass is 35.5. The number of likely N-dealkylation sites (tertiary alicyclic amines) is 1. The molecule has 3 aromatic rings. The van der Waals surface area contributed by atoms with Crippen LogP contribution in [0, 0.1) is 34.9 Å². The largest absolute Gasteiger partial charge is 0.384 e. The number of nitrogens with zero attached hydrogens (tertiary/aromatic N) is 5. The number of anilines is 1. The molecule has 0 spiro atoms. The normalized spacial score (nSPS) is 27.3. The molecule has 1 N–H and O–H groups in total. The van der Waals surface area contributed by atoms with Crippen LogP contribution in [-0.4, -0.2) is 52.1 Å². The second-order valence-electron chi connectivity index (χ2n) is 10.4. The maximum Gasteiger partial charge on any atom is 0.228 e. The van der Waals surface area contributed by atoms with E-state index in [0.29, 0.717) is 48.1 Å². The third-order valence-electron chi connectivity index (χ3n) is 8.08. The third kappa shape index (κ3) is 4.72. The average Bonchev–Trinajstić information content (AvgIpc) is 3.37. The lowest BCUT2D eigenvalue weighted by atomic mass is 9.70. The van der Waals surface area contributed by atoms with E-state index in [1.165, 1.54) is 18.3 Å². The van der Waals surface area contributed by atoms with E-state index in [9.17, 15) is 14.3 Å². The van der Waals surface area contributed by atoms with Crippen LogP contribution < -0.4 is 4.90 Å². The van der Waals surface area contributed by atoms with Gasteiger partial charge in [-0.05, 0) is 42.0 Å². The minimum atomic E-state index is -1.17. The fourth-order valence-corrected chi connectivity index (χ4v) is 6.10. The van der Waals surface area contributed by atoms with Crippen molar-refractivity contribution < 1.29 is 14.3 Å². The second kappa shape index (κ2) is 10.3. The van der Waals surface area contributed by atoms with Crippen LogP contribution in [0.5, 0.6) is 0 Å². The van der Waals surface area contributed by atoms with E-state index in [2.05, 4.69) is 20.9 Å². The molecule has 0 saturated carbocycles. The summed E-state index contributed by atoms with van der Waals surface area (Å²) < 4.78 is 13.5. The summed E-state index contributed by atoms with van der Waals surface area (Å²) in [6.07, 6.45) is 3.12. The van der Waals surface area contributed by atoms with Crippen molar-refractivity contribution in [3.05, 3.63) is 88.6 Å². The number of carbonyl (C=O) groups is 1. The standard InChI is InChI=1S/C29H29ClFN5O2/c1-18-14-36(15-19(2)29(18,38)21-4-7-23(31)8-5-21)28(37)25-17-35(27-10-3-20(11-32)12-34-27)16-24(25)26-9-6-22(30)13-33-26/h3-10,12-13,18-19,24-25,38H,14-17H2,1-2H3. The van der Waals surface area contributed by atoms with Gasteiger partial charge in [-0.1, -0.05) is 37.6 Å². The molecule has 5 rings (SSSR count). The van der Waals surface area contributed by atoms with E-state index in [4.69, 9.17) is 16.9 Å². The summed E-state index contributed by atoms with van der Waals surface area (Å²) in [5.41, 5.74) is 0.745. The van der Waals surface area contributed by atoms with Crippen LogP contribution in [0.3, 0.4) is 0 Å². The smallest absolute Gasteiger partial charge is 0.228 e. The average molecular weight is 534 g/mol. The van der Waals surface area contributed by atoms with E-state index in [0.717, 1.165) is 5.69 Å². The van der Waals surface area contributed by atoms with Gasteiger partial charge in [0.2, 0.25) is 5.91 Å². The lowest BCUT2D eigenvalue weighted by Gasteiger charge is -2.48. The zero-order valence-corrected chi connectivity index (χ0v) is 22.0. The van der Waals surface area contributed by atoms with Crippen molar-refractivity contribution in [2.24, 2.45) is 17.8 Å². The molecule has 1 aromatic carbocycles. The molecule has 9 heteroatoms. The molecule has 0 aliphatic carbocycles. The molecule has 0 bridgehead atoms. The SMILES string of the molecule is CC1CN(C(=O)C2CN(c3ccc(C#N)cn3)CC2c2ccc(Cl)cn2)CC(C)C1(O)c1ccc(F)cc1. The minimum Gasteiger partial charge on any atom is -0.384 e. The van der Waals surface area contributed by atoms with Crippen molar-refractivity contribution in [2.75, 3.05) is 31.1 Å². The number of carbonyl (C=O) groups excluding carboxylic acids is 1. The molecule has 38 heavy (non-hydrogen) atoms. The number of hydrogen-bond acceptors (Lipinski definition) is 6. The van der Waals surface area contributed by atoms with Gasteiger partial charge in [0.1, 0.15) is 17.7 Å². The molecule has 4 unspecified atom stereocenters. The maximum atomic E-state index is 14.1. The third-order valence-corrected chi connectivity index (χ3v) is 8.30. The molecule has 0 radical (unpaired) electrons. The van der Waals surface area contributed by atoms with Crippen molar-refractivity contribution in [3.63, 3.8) is 0 Å². The van der Waals surface area contributed by atoms with Gasteiger partial charge in [0.15, 0.2) is 0 Å². The number of piperidine rings is 1. The molecule has 7 nitrogen and oxygen atoms in total. The van der Waals surface area contributed by atoms with Gasteiger partial charge in [0, 0.05) is 62.0 Å². The van der Waals surface area contributed by atoms with Crippen LogP contribution in [0.15, 0.2) is 60.9 Å². The molecule has 4 heterocycles. The quantitative estimate of drug-likeness (QED) is 0.535. The summed E-state index contributed by atoms with van der Waals surface area (Å²) in [5.74, 6) is -0.726. The summed E-state index contributed by atoms with van der Waals surface area (Å²) in [4.78, 5) is 26.9. The highest BCUT2D eigenvalue weighted by Crippen LogP contribution is 2.43. The number of benzene rings is 1. The zero-order chi connectivity index (χ0) is 27.0. The van der Waals surface area contributed by atoms with Crippen LogP contribution in [-0.2, 0) is 10.4 Å². The van der Waals surface area contributed by atoms with Crippen LogP contribution in [0.25, 0.3) is 0 Å². The fourth-order valence-electron chi connectivity index (χ4n) is 5.99. The summed E-state index contributed by atoms with van der Waals surface area (Å²) in [7, 11) is 0. The number of rotatable bonds is 4. The van der Waals surface area contributed by atoms with Gasteiger partial charge in [-0.3, -0.25) is 9.78 Å². The highest BCUT2D eigenvalue weighted by Gasteiger charge is 2.49. The maximum absolute atomic E-state index is 14.1. The van der Waals surface area contributed by atoms with Gasteiger partial charge < -0.3 is 14.9 Å². The van der Waals surface area contributed by atoms with Crippen molar-refractivity contribution in [2.45, 2.75) is 25.4 Å². The van der Waals surface area contributed by atoms with E-state index >= 15 is 0 Å². The first-order valence-electron chi connectivity index (χ1n) is 12.7. The van der Waals surface area contributed by atoms with Gasteiger partial charge in [0.25, 0.3) is 0 Å². The van der Waals surface area contributed by atoms with Gasteiger partial charge in [-0.2, -0.15) is 5.26 Å². The van der Waals surface area contributed by atoms with Crippen LogP contribution >= 0.6 is 11.6 Å². The minimum absolute atomic E-state index is 0.00255. The number of amides is 1. The Balaban J connectivity index is 1.40. The molecule has 2 aliphatic heterocycles. The first-order valence-corrected chi connectivity index (χ1v) is 13.1. The van der Waals surface area contributed by atoms with E-state index in [1.807, 2.05) is 24.8 Å². The molecular weight excluding hydrogens is 505 g/mol. The Morgan fingerprint density at radius 2 is 1.74 bits per heavy atom. The van der Waals surface area contributed by atoms with Crippen LogP contribution in [0.4, 0.5) is 10.2 Å². The molecule has 2 aliphatic rings. The molecule has 2 aromatic heterocycles. The van der Waals surface area contributed by atoms with Gasteiger partial charge in [-0.15, -0.1) is 0 Å². The van der Waals surface area contributed by atoms with E-state index in [-0.39, 0.29) is 35.4 Å². The first-order chi connectivity index (χ1) is 18.2. The number of nitriles is 1. The van der Waals surface area contributed by atoms with Gasteiger partial charge in [-0.25, -0.2) is 9.37 Å². The number of hydrogen-bond donors (Lipinski definition) is 1. The van der Waals surface area contributed by atoms with Crippen molar-refractivity contribution >= 4 is 23.3 Å². The topological polar surface area (TPSA) is 93.4 Å². The number of halogens is 2. The molecule has 2 fully saturated rings. The van der Waals surface area contributed by atoms with Gasteiger partial charge >= 0.3 is 0 Å². The Bertz CT molecular complexity index is 1330. The van der Waals surface area contributed by atoms with Gasteiger partial charge in [0.05, 0.1) is 22.1 Å². The van der Waals surface area contributed by atoms with Crippen LogP contribution in [0.2, 0.25) is 5.02 Å². The summed E-state index contributed by atoms with van der Waals surface area (Å²) >= 11 is 6.08. The van der Waals surface area contributed by atoms with E-state index in [1.54, 1.807) is 36.5 Å². The Hall–Kier alpha value is -3.54. The number of pyridine rings is 2. The van der Waals surface area contributed by atoms with Crippen molar-refractivity contribution in [3.8, 4) is 6.07 Å². The molecular formula is C29H29ClFN5O2. The van der Waals surface area contributed by atoms with Crippen LogP contribution in [0.1, 0.15) is 36.6 Å². The molecule has 4 atom stereocenters. The predicted octanol–water partition coefficient (Wildman–Crippen LogP) is 4.36. The summed E-state index contributed by atoms with van der Waals surface area (Å²) in [5, 5.41) is 21.4. The molecule has 1 amide bonds. The highest BCUT2D eigenvalue weighted by molar-refractivity contribution is 6.30. The lowest BCUT2D eigenvalue weighted by molar-refractivity contribution is -0.152. The first kappa shape index (κ1) is 26.1. The fraction of sp³-hybridized carbons (Fsp3) is 0.379. The molecule has 196 valence electrons. The van der Waals surface area contributed by atoms with Crippen molar-refractivity contribution in [1.82, 2.24) is 14.9 Å². The monoisotopic (exact) mass is 533 g/mol. The number of aromatic nitrogens is 2. The lowest BCUT2D eigenvalue weighted by Crippen LogP contribution is -2.57. The molecule has 2 saturated heterocycles. The van der Waals surface area contributed by atoms with Crippen molar-refractivity contribution in [1.29, 1.82) is 5.26 Å². The second-order valence-corrected chi connectivity index (χ2v) is 10.9. The zero-order valence-electron chi connectivity index (χ0n) is 21.3. The number of aliphatic hydroxyl groups is 1.